The Bertz CT molecular complexity index is 984. The largest absolute Gasteiger partial charge is 0.438 e. The Labute approximate surface area is 186 Å². The number of anilines is 1. The number of nitrogen functional groups attached to an aromatic ring is 1. The molecule has 7 nitrogen and oxygen atoms in total. The summed E-state index contributed by atoms with van der Waals surface area (Å²) in [4.78, 5) is 32.7. The molecule has 164 valence electrons. The fourth-order valence-electron chi connectivity index (χ4n) is 3.28. The predicted octanol–water partition coefficient (Wildman–Crippen LogP) is 4.71. The van der Waals surface area contributed by atoms with Crippen molar-refractivity contribution in [2.45, 2.75) is 57.9 Å². The lowest BCUT2D eigenvalue weighted by Gasteiger charge is -2.15. The van der Waals surface area contributed by atoms with Crippen LogP contribution in [0.4, 0.5) is 5.13 Å². The number of oxazole rings is 1. The Morgan fingerprint density at radius 1 is 1.19 bits per heavy atom. The van der Waals surface area contributed by atoms with Crippen LogP contribution in [0.1, 0.15) is 63.1 Å². The van der Waals surface area contributed by atoms with Gasteiger partial charge in [-0.1, -0.05) is 50.1 Å². The average Bonchev–Trinajstić information content (AvgIpc) is 3.42. The molecular formula is C23H28N4O3S. The highest BCUT2D eigenvalue weighted by Crippen LogP contribution is 2.26. The zero-order valence-electron chi connectivity index (χ0n) is 17.7. The molecule has 2 aromatic heterocycles. The van der Waals surface area contributed by atoms with Gasteiger partial charge in [-0.05, 0) is 12.8 Å². The number of ketones is 1. The first-order valence-electron chi connectivity index (χ1n) is 10.6. The topological polar surface area (TPSA) is 111 Å². The summed E-state index contributed by atoms with van der Waals surface area (Å²) < 4.78 is 5.99. The quantitative estimate of drug-likeness (QED) is 0.395. The van der Waals surface area contributed by atoms with Crippen LogP contribution >= 0.6 is 11.3 Å². The second-order valence-corrected chi connectivity index (χ2v) is 8.28. The van der Waals surface area contributed by atoms with E-state index < -0.39 is 0 Å². The van der Waals surface area contributed by atoms with Crippen LogP contribution in [0.5, 0.6) is 0 Å². The summed E-state index contributed by atoms with van der Waals surface area (Å²) in [6.07, 6.45) is 6.33. The summed E-state index contributed by atoms with van der Waals surface area (Å²) in [7, 11) is 0. The van der Waals surface area contributed by atoms with Crippen LogP contribution in [-0.4, -0.2) is 21.7 Å². The molecule has 0 bridgehead atoms. The third-order valence-corrected chi connectivity index (χ3v) is 5.69. The number of carbonyl (C=O) groups is 2. The molecule has 3 aromatic rings. The maximum absolute atomic E-state index is 12.6. The zero-order valence-corrected chi connectivity index (χ0v) is 18.5. The highest BCUT2D eigenvalue weighted by atomic mass is 32.1. The van der Waals surface area contributed by atoms with E-state index in [2.05, 4.69) is 15.3 Å². The summed E-state index contributed by atoms with van der Waals surface area (Å²) in [6, 6.07) is 9.38. The van der Waals surface area contributed by atoms with Crippen LogP contribution in [0.15, 0.2) is 46.3 Å². The van der Waals surface area contributed by atoms with E-state index in [0.717, 1.165) is 24.8 Å². The monoisotopic (exact) mass is 440 g/mol. The smallest absolute Gasteiger partial charge is 0.226 e. The first kappa shape index (κ1) is 22.7. The molecule has 2 heterocycles. The maximum Gasteiger partial charge on any atom is 0.226 e. The molecule has 0 aliphatic heterocycles. The van der Waals surface area contributed by atoms with Crippen molar-refractivity contribution >= 4 is 28.2 Å². The molecule has 3 N–H and O–H groups in total. The van der Waals surface area contributed by atoms with Crippen molar-refractivity contribution < 1.29 is 14.0 Å². The highest BCUT2D eigenvalue weighted by molar-refractivity contribution is 7.13. The number of rotatable bonds is 12. The van der Waals surface area contributed by atoms with Crippen molar-refractivity contribution in [1.29, 1.82) is 0 Å². The fourth-order valence-corrected chi connectivity index (χ4v) is 3.84. The fraction of sp³-hybridized carbons (Fsp3) is 0.391. The Balaban J connectivity index is 1.64. The number of nitrogens with two attached hydrogens (primary N) is 1. The second-order valence-electron chi connectivity index (χ2n) is 7.39. The molecule has 0 unspecified atom stereocenters. The van der Waals surface area contributed by atoms with Gasteiger partial charge < -0.3 is 15.5 Å². The van der Waals surface area contributed by atoms with Crippen molar-refractivity contribution in [3.8, 4) is 11.3 Å². The lowest BCUT2D eigenvalue weighted by Crippen LogP contribution is -2.30. The van der Waals surface area contributed by atoms with Gasteiger partial charge >= 0.3 is 0 Å². The normalized spacial score (nSPS) is 11.9. The summed E-state index contributed by atoms with van der Waals surface area (Å²) >= 11 is 1.31. The van der Waals surface area contributed by atoms with Gasteiger partial charge in [0, 0.05) is 23.8 Å². The predicted molar refractivity (Wildman–Crippen MR) is 121 cm³/mol. The third-order valence-electron chi connectivity index (χ3n) is 4.97. The lowest BCUT2D eigenvalue weighted by molar-refractivity contribution is -0.121. The first-order chi connectivity index (χ1) is 15.0. The molecule has 3 rings (SSSR count). The molecule has 1 aromatic carbocycles. The summed E-state index contributed by atoms with van der Waals surface area (Å²) in [5, 5.41) is 5.26. The number of aromatic nitrogens is 2. The molecular weight excluding hydrogens is 412 g/mol. The molecule has 0 saturated heterocycles. The molecule has 0 spiro atoms. The van der Waals surface area contributed by atoms with E-state index >= 15 is 0 Å². The first-order valence-corrected chi connectivity index (χ1v) is 11.4. The van der Waals surface area contributed by atoms with Gasteiger partial charge in [-0.2, -0.15) is 0 Å². The minimum absolute atomic E-state index is 0.154. The van der Waals surface area contributed by atoms with E-state index in [4.69, 9.17) is 10.2 Å². The van der Waals surface area contributed by atoms with E-state index in [1.807, 2.05) is 37.3 Å². The van der Waals surface area contributed by atoms with Crippen molar-refractivity contribution in [2.24, 2.45) is 0 Å². The second kappa shape index (κ2) is 11.4. The number of nitrogens with zero attached hydrogens (tertiary/aromatic N) is 2. The van der Waals surface area contributed by atoms with Crippen LogP contribution in [0, 0.1) is 0 Å². The molecule has 0 saturated carbocycles. The molecule has 1 amide bonds. The summed E-state index contributed by atoms with van der Waals surface area (Å²) in [6.45, 7) is 1.89. The number of benzene rings is 1. The lowest BCUT2D eigenvalue weighted by atomic mass is 10.0. The zero-order chi connectivity index (χ0) is 22.1. The minimum atomic E-state index is -0.345. The van der Waals surface area contributed by atoms with Gasteiger partial charge in [0.15, 0.2) is 10.9 Å². The summed E-state index contributed by atoms with van der Waals surface area (Å²) in [5.41, 5.74) is 7.24. The van der Waals surface area contributed by atoms with E-state index in [0.29, 0.717) is 41.7 Å². The van der Waals surface area contributed by atoms with Crippen LogP contribution in [0.3, 0.4) is 0 Å². The van der Waals surface area contributed by atoms with Crippen molar-refractivity contribution in [3.05, 3.63) is 53.5 Å². The van der Waals surface area contributed by atoms with Gasteiger partial charge in [0.2, 0.25) is 11.8 Å². The highest BCUT2D eigenvalue weighted by Gasteiger charge is 2.21. The number of unbranched alkanes of at least 4 members (excludes halogenated alkanes) is 2. The van der Waals surface area contributed by atoms with E-state index in [1.54, 1.807) is 11.6 Å². The Kier molecular flexibility index (Phi) is 8.35. The van der Waals surface area contributed by atoms with Crippen LogP contribution < -0.4 is 11.1 Å². The van der Waals surface area contributed by atoms with Crippen molar-refractivity contribution in [1.82, 2.24) is 15.3 Å². The SMILES string of the molecule is CCC(=O)CCCCC[C@H](NC(=O)Cc1csc(N)n1)c1ncc(-c2ccccc2)o1. The van der Waals surface area contributed by atoms with E-state index in [9.17, 15) is 9.59 Å². The Hall–Kier alpha value is -3.00. The average molecular weight is 441 g/mol. The number of hydrogen-bond donors (Lipinski definition) is 2. The van der Waals surface area contributed by atoms with Crippen LogP contribution in [0.2, 0.25) is 0 Å². The Morgan fingerprint density at radius 2 is 2.00 bits per heavy atom. The molecule has 0 aliphatic carbocycles. The number of Topliss-reactive ketones (excluding diaryl/α,β-unsaturated/α-hetero) is 1. The standard InChI is InChI=1S/C23H28N4O3S/c1-2-18(28)11-7-4-8-12-19(27-21(29)13-17-15-31-23(24)26-17)22-25-14-20(30-22)16-9-5-3-6-10-16/h3,5-6,9-10,14-15,19H,2,4,7-8,11-13H2,1H3,(H2,24,26)(H,27,29)/t19-/m0/s1. The van der Waals surface area contributed by atoms with E-state index in [-0.39, 0.29) is 24.2 Å². The number of nitrogens with one attached hydrogen (secondary N) is 1. The Morgan fingerprint density at radius 3 is 2.71 bits per heavy atom. The van der Waals surface area contributed by atoms with Crippen LogP contribution in [0.25, 0.3) is 11.3 Å². The van der Waals surface area contributed by atoms with Gasteiger partial charge in [0.1, 0.15) is 11.8 Å². The summed E-state index contributed by atoms with van der Waals surface area (Å²) in [5.74, 6) is 1.27. The van der Waals surface area contributed by atoms with Gasteiger partial charge in [0.05, 0.1) is 18.3 Å². The number of carbonyl (C=O) groups excluding carboxylic acids is 2. The van der Waals surface area contributed by atoms with Gasteiger partial charge in [-0.25, -0.2) is 9.97 Å². The van der Waals surface area contributed by atoms with Crippen molar-refractivity contribution in [3.63, 3.8) is 0 Å². The van der Waals surface area contributed by atoms with Gasteiger partial charge in [-0.3, -0.25) is 9.59 Å². The maximum atomic E-state index is 12.6. The molecule has 8 heteroatoms. The molecule has 0 fully saturated rings. The van der Waals surface area contributed by atoms with Crippen LogP contribution in [-0.2, 0) is 16.0 Å². The molecule has 0 radical (unpaired) electrons. The number of hydrogen-bond acceptors (Lipinski definition) is 7. The van der Waals surface area contributed by atoms with Gasteiger partial charge in [-0.15, -0.1) is 11.3 Å². The van der Waals surface area contributed by atoms with E-state index in [1.165, 1.54) is 11.3 Å². The van der Waals surface area contributed by atoms with Gasteiger partial charge in [0.25, 0.3) is 0 Å². The third kappa shape index (κ3) is 7.03. The number of amides is 1. The molecule has 0 aliphatic rings. The molecule has 31 heavy (non-hydrogen) atoms. The molecule has 1 atom stereocenters. The van der Waals surface area contributed by atoms with Crippen molar-refractivity contribution in [2.75, 3.05) is 5.73 Å². The minimum Gasteiger partial charge on any atom is -0.438 e. The number of thiazole rings is 1.